The summed E-state index contributed by atoms with van der Waals surface area (Å²) in [4.78, 5) is 20.8. The number of carbonyl (C=O) groups is 1. The summed E-state index contributed by atoms with van der Waals surface area (Å²) in [6, 6.07) is 1.50. The van der Waals surface area contributed by atoms with E-state index in [-0.39, 0.29) is 16.7 Å². The largest absolute Gasteiger partial charge is 0.382 e. The number of nitrogens with zero attached hydrogens (tertiary/aromatic N) is 2. The van der Waals surface area contributed by atoms with Crippen LogP contribution in [0.5, 0.6) is 0 Å². The molecule has 0 radical (unpaired) electrons. The zero-order chi connectivity index (χ0) is 13.1. The Balaban J connectivity index is 2.01. The summed E-state index contributed by atoms with van der Waals surface area (Å²) < 4.78 is 0. The molecule has 0 atom stereocenters. The lowest BCUT2D eigenvalue weighted by molar-refractivity contribution is 0.0951. The summed E-state index contributed by atoms with van der Waals surface area (Å²) in [6.45, 7) is 2.35. The van der Waals surface area contributed by atoms with E-state index in [0.29, 0.717) is 12.1 Å². The van der Waals surface area contributed by atoms with Crippen LogP contribution in [0.15, 0.2) is 18.5 Å². The molecule has 0 spiro atoms. The van der Waals surface area contributed by atoms with Crippen LogP contribution in [-0.4, -0.2) is 15.9 Å². The Morgan fingerprint density at radius 3 is 2.89 bits per heavy atom. The van der Waals surface area contributed by atoms with Crippen molar-refractivity contribution >= 4 is 34.7 Å². The third kappa shape index (κ3) is 2.96. The SMILES string of the molecule is Cc1ncc(CNC(=O)c2cnc(N)c(Cl)c2)s1. The highest BCUT2D eigenvalue weighted by Gasteiger charge is 2.09. The van der Waals surface area contributed by atoms with Gasteiger partial charge in [0.1, 0.15) is 5.82 Å². The summed E-state index contributed by atoms with van der Waals surface area (Å²) in [5.41, 5.74) is 5.86. The maximum Gasteiger partial charge on any atom is 0.253 e. The van der Waals surface area contributed by atoms with Gasteiger partial charge in [0.2, 0.25) is 0 Å². The molecule has 0 aliphatic carbocycles. The number of nitrogen functional groups attached to an aromatic ring is 1. The molecule has 3 N–H and O–H groups in total. The van der Waals surface area contributed by atoms with Crippen LogP contribution in [0.3, 0.4) is 0 Å². The quantitative estimate of drug-likeness (QED) is 0.902. The van der Waals surface area contributed by atoms with Gasteiger partial charge >= 0.3 is 0 Å². The van der Waals surface area contributed by atoms with Crippen molar-refractivity contribution < 1.29 is 4.79 Å². The number of amides is 1. The number of nitrogens with one attached hydrogen (secondary N) is 1. The molecular formula is C11H11ClN4OS. The summed E-state index contributed by atoms with van der Waals surface area (Å²) in [7, 11) is 0. The van der Waals surface area contributed by atoms with Crippen molar-refractivity contribution in [3.8, 4) is 0 Å². The van der Waals surface area contributed by atoms with E-state index in [9.17, 15) is 4.79 Å². The fraction of sp³-hybridized carbons (Fsp3) is 0.182. The van der Waals surface area contributed by atoms with Gasteiger partial charge in [-0.1, -0.05) is 11.6 Å². The fourth-order valence-corrected chi connectivity index (χ4v) is 2.23. The Hall–Kier alpha value is -1.66. The van der Waals surface area contributed by atoms with Gasteiger partial charge in [0.25, 0.3) is 5.91 Å². The van der Waals surface area contributed by atoms with Crippen molar-refractivity contribution in [2.45, 2.75) is 13.5 Å². The minimum atomic E-state index is -0.240. The van der Waals surface area contributed by atoms with Crippen LogP contribution >= 0.6 is 22.9 Å². The number of hydrogen-bond donors (Lipinski definition) is 2. The minimum absolute atomic E-state index is 0.214. The average molecular weight is 283 g/mol. The molecule has 0 saturated heterocycles. The second-order valence-electron chi connectivity index (χ2n) is 3.62. The van der Waals surface area contributed by atoms with Crippen molar-refractivity contribution in [3.05, 3.63) is 38.9 Å². The molecule has 0 aliphatic rings. The third-order valence-corrected chi connectivity index (χ3v) is 3.44. The number of anilines is 1. The standard InChI is InChI=1S/C11H11ClN4OS/c1-6-14-4-8(18-6)5-16-11(17)7-2-9(12)10(13)15-3-7/h2-4H,5H2,1H3,(H2,13,15)(H,16,17). The highest BCUT2D eigenvalue weighted by molar-refractivity contribution is 7.11. The first-order valence-electron chi connectivity index (χ1n) is 5.17. The molecule has 0 unspecified atom stereocenters. The number of halogens is 1. The van der Waals surface area contributed by atoms with Crippen LogP contribution in [0, 0.1) is 6.92 Å². The van der Waals surface area contributed by atoms with Gasteiger partial charge in [0.15, 0.2) is 0 Å². The molecule has 0 bridgehead atoms. The molecule has 2 heterocycles. The van der Waals surface area contributed by atoms with Gasteiger partial charge in [0, 0.05) is 17.3 Å². The van der Waals surface area contributed by atoms with E-state index in [2.05, 4.69) is 15.3 Å². The lowest BCUT2D eigenvalue weighted by atomic mass is 10.2. The number of aryl methyl sites for hydroxylation is 1. The van der Waals surface area contributed by atoms with Gasteiger partial charge < -0.3 is 11.1 Å². The number of aromatic nitrogens is 2. The van der Waals surface area contributed by atoms with Gasteiger partial charge in [-0.25, -0.2) is 9.97 Å². The highest BCUT2D eigenvalue weighted by atomic mass is 35.5. The molecule has 94 valence electrons. The first-order valence-corrected chi connectivity index (χ1v) is 6.36. The van der Waals surface area contributed by atoms with E-state index in [0.717, 1.165) is 9.88 Å². The van der Waals surface area contributed by atoms with Crippen LogP contribution in [0.1, 0.15) is 20.2 Å². The Morgan fingerprint density at radius 1 is 1.50 bits per heavy atom. The zero-order valence-electron chi connectivity index (χ0n) is 9.61. The molecule has 2 rings (SSSR count). The number of thiazole rings is 1. The number of carbonyl (C=O) groups excluding carboxylic acids is 1. The first kappa shape index (κ1) is 12.8. The second-order valence-corrected chi connectivity index (χ2v) is 5.35. The molecule has 0 fully saturated rings. The molecule has 2 aromatic heterocycles. The second kappa shape index (κ2) is 5.32. The Bertz CT molecular complexity index is 584. The van der Waals surface area contributed by atoms with Gasteiger partial charge in [-0.2, -0.15) is 0 Å². The predicted octanol–water partition coefficient (Wildman–Crippen LogP) is 2.01. The minimum Gasteiger partial charge on any atom is -0.382 e. The smallest absolute Gasteiger partial charge is 0.253 e. The summed E-state index contributed by atoms with van der Waals surface area (Å²) in [5.74, 6) is -0.0262. The number of nitrogens with two attached hydrogens (primary N) is 1. The van der Waals surface area contributed by atoms with Crippen LogP contribution in [0.2, 0.25) is 5.02 Å². The number of pyridine rings is 1. The summed E-state index contributed by atoms with van der Waals surface area (Å²) in [6.07, 6.45) is 3.14. The summed E-state index contributed by atoms with van der Waals surface area (Å²) in [5, 5.41) is 4.01. The molecule has 0 aliphatic heterocycles. The lowest BCUT2D eigenvalue weighted by Gasteiger charge is -2.04. The third-order valence-electron chi connectivity index (χ3n) is 2.22. The normalized spacial score (nSPS) is 10.3. The Labute approximate surface area is 113 Å². The zero-order valence-corrected chi connectivity index (χ0v) is 11.2. The molecule has 7 heteroatoms. The van der Waals surface area contributed by atoms with Gasteiger partial charge in [-0.05, 0) is 13.0 Å². The van der Waals surface area contributed by atoms with Crippen molar-refractivity contribution in [1.29, 1.82) is 0 Å². The van der Waals surface area contributed by atoms with E-state index in [1.54, 1.807) is 17.5 Å². The van der Waals surface area contributed by atoms with E-state index < -0.39 is 0 Å². The van der Waals surface area contributed by atoms with Gasteiger partial charge in [-0.15, -0.1) is 11.3 Å². The average Bonchev–Trinajstić information content (AvgIpc) is 2.75. The molecule has 2 aromatic rings. The Morgan fingerprint density at radius 2 is 2.28 bits per heavy atom. The molecule has 5 nitrogen and oxygen atoms in total. The molecular weight excluding hydrogens is 272 g/mol. The fourth-order valence-electron chi connectivity index (χ4n) is 1.33. The number of hydrogen-bond acceptors (Lipinski definition) is 5. The van der Waals surface area contributed by atoms with E-state index in [4.69, 9.17) is 17.3 Å². The number of rotatable bonds is 3. The first-order chi connectivity index (χ1) is 8.56. The molecule has 0 aromatic carbocycles. The van der Waals surface area contributed by atoms with E-state index in [1.807, 2.05) is 6.92 Å². The molecule has 1 amide bonds. The van der Waals surface area contributed by atoms with Gasteiger partial charge in [0.05, 0.1) is 22.1 Å². The highest BCUT2D eigenvalue weighted by Crippen LogP contribution is 2.17. The van der Waals surface area contributed by atoms with Crippen LogP contribution in [-0.2, 0) is 6.54 Å². The Kier molecular flexibility index (Phi) is 3.78. The van der Waals surface area contributed by atoms with Crippen molar-refractivity contribution in [2.24, 2.45) is 0 Å². The van der Waals surface area contributed by atoms with Gasteiger partial charge in [-0.3, -0.25) is 4.79 Å². The van der Waals surface area contributed by atoms with Crippen molar-refractivity contribution in [1.82, 2.24) is 15.3 Å². The van der Waals surface area contributed by atoms with Crippen LogP contribution < -0.4 is 11.1 Å². The van der Waals surface area contributed by atoms with Crippen molar-refractivity contribution in [2.75, 3.05) is 5.73 Å². The van der Waals surface area contributed by atoms with Crippen molar-refractivity contribution in [3.63, 3.8) is 0 Å². The molecule has 0 saturated carbocycles. The maximum absolute atomic E-state index is 11.8. The van der Waals surface area contributed by atoms with Crippen LogP contribution in [0.4, 0.5) is 5.82 Å². The monoisotopic (exact) mass is 282 g/mol. The topological polar surface area (TPSA) is 80.9 Å². The summed E-state index contributed by atoms with van der Waals surface area (Å²) >= 11 is 7.35. The molecule has 18 heavy (non-hydrogen) atoms. The van der Waals surface area contributed by atoms with E-state index >= 15 is 0 Å². The predicted molar refractivity (Wildman–Crippen MR) is 71.7 cm³/mol. The lowest BCUT2D eigenvalue weighted by Crippen LogP contribution is -2.22. The maximum atomic E-state index is 11.8. The van der Waals surface area contributed by atoms with Crippen LogP contribution in [0.25, 0.3) is 0 Å². The van der Waals surface area contributed by atoms with E-state index in [1.165, 1.54) is 12.3 Å².